The maximum absolute atomic E-state index is 13.2. The van der Waals surface area contributed by atoms with E-state index in [0.717, 1.165) is 44.1 Å². The molecule has 0 aromatic heterocycles. The Labute approximate surface area is 261 Å². The second kappa shape index (κ2) is 13.7. The Kier molecular flexibility index (Phi) is 10.2. The summed E-state index contributed by atoms with van der Waals surface area (Å²) in [7, 11) is 0. The van der Waals surface area contributed by atoms with Crippen LogP contribution in [-0.2, 0) is 9.53 Å². The summed E-state index contributed by atoms with van der Waals surface area (Å²) in [4.78, 5) is 13.2. The van der Waals surface area contributed by atoms with Crippen molar-refractivity contribution < 1.29 is 14.6 Å². The molecule has 1 N–H and O–H groups in total. The Morgan fingerprint density at radius 2 is 1.65 bits per heavy atom. The van der Waals surface area contributed by atoms with Crippen molar-refractivity contribution in [3.63, 3.8) is 0 Å². The smallest absolute Gasteiger partial charge is 0.337 e. The minimum atomic E-state index is -0.963. The third kappa shape index (κ3) is 6.82. The second-order valence-corrected chi connectivity index (χ2v) is 14.7. The van der Waals surface area contributed by atoms with Crippen molar-refractivity contribution in [1.82, 2.24) is 0 Å². The first-order valence-corrected chi connectivity index (χ1v) is 17.5. The Morgan fingerprint density at radius 3 is 2.28 bits per heavy atom. The molecule has 4 aliphatic carbocycles. The Morgan fingerprint density at radius 1 is 0.977 bits per heavy atom. The fourth-order valence-electron chi connectivity index (χ4n) is 8.39. The molecule has 0 radical (unpaired) electrons. The highest BCUT2D eigenvalue weighted by Crippen LogP contribution is 2.59. The molecule has 5 rings (SSSR count). The summed E-state index contributed by atoms with van der Waals surface area (Å²) in [5.74, 6) is 0.519. The molecule has 0 heterocycles. The molecule has 1 aromatic carbocycles. The van der Waals surface area contributed by atoms with E-state index in [1.807, 2.05) is 20.8 Å². The molecule has 4 unspecified atom stereocenters. The van der Waals surface area contributed by atoms with Crippen LogP contribution in [0, 0.1) is 18.8 Å². The van der Waals surface area contributed by atoms with Crippen LogP contribution in [0.5, 0.6) is 0 Å². The van der Waals surface area contributed by atoms with Gasteiger partial charge in [-0.05, 0) is 154 Å². The third-order valence-corrected chi connectivity index (χ3v) is 10.6. The zero-order chi connectivity index (χ0) is 30.7. The lowest BCUT2D eigenvalue weighted by Gasteiger charge is -2.34. The molecule has 4 atom stereocenters. The molecule has 0 aliphatic heterocycles. The molecule has 3 nitrogen and oxygen atoms in total. The number of fused-ring (bicyclic) bond motifs is 3. The summed E-state index contributed by atoms with van der Waals surface area (Å²) in [5.41, 5.74) is 11.8. The van der Waals surface area contributed by atoms with E-state index in [4.69, 9.17) is 4.74 Å². The zero-order valence-corrected chi connectivity index (χ0v) is 27.9. The lowest BCUT2D eigenvalue weighted by Crippen LogP contribution is -2.37. The van der Waals surface area contributed by atoms with Crippen molar-refractivity contribution in [3.8, 4) is 0 Å². The molecular weight excluding hydrogens is 528 g/mol. The molecule has 1 fully saturated rings. The number of benzene rings is 1. The van der Waals surface area contributed by atoms with Crippen LogP contribution in [0.3, 0.4) is 0 Å². The number of ether oxygens (including phenoxy) is 1. The van der Waals surface area contributed by atoms with Crippen LogP contribution in [0.4, 0.5) is 0 Å². The highest BCUT2D eigenvalue weighted by molar-refractivity contribution is 5.92. The number of allylic oxidation sites excluding steroid dienone is 7. The lowest BCUT2D eigenvalue weighted by atomic mass is 9.73. The molecule has 0 spiro atoms. The predicted molar refractivity (Wildman–Crippen MR) is 180 cm³/mol. The van der Waals surface area contributed by atoms with E-state index in [1.165, 1.54) is 90.3 Å². The first-order chi connectivity index (χ1) is 20.6. The first-order valence-electron chi connectivity index (χ1n) is 17.5. The van der Waals surface area contributed by atoms with Gasteiger partial charge in [0.05, 0.1) is 5.60 Å². The van der Waals surface area contributed by atoms with Gasteiger partial charge in [-0.3, -0.25) is 0 Å². The van der Waals surface area contributed by atoms with E-state index in [2.05, 4.69) is 51.1 Å². The topological polar surface area (TPSA) is 46.5 Å². The second-order valence-electron chi connectivity index (χ2n) is 14.7. The van der Waals surface area contributed by atoms with Crippen molar-refractivity contribution in [2.75, 3.05) is 0 Å². The molecule has 0 bridgehead atoms. The van der Waals surface area contributed by atoms with Crippen LogP contribution in [0.15, 0.2) is 47.1 Å². The van der Waals surface area contributed by atoms with Gasteiger partial charge >= 0.3 is 5.97 Å². The van der Waals surface area contributed by atoms with Gasteiger partial charge in [-0.2, -0.15) is 0 Å². The molecule has 4 aliphatic rings. The number of carboxylic acid groups (broad SMARTS) is 1. The molecule has 0 saturated heterocycles. The summed E-state index contributed by atoms with van der Waals surface area (Å²) in [6, 6.07) is 4.79. The SMILES string of the molecule is CCC=CC=C1c2c(ccc(C3=C(C(OC(C)(C)C)C(=O)O)C(C)CCCCCC4=C3CCCCCC4)c2C)C2CCC12. The van der Waals surface area contributed by atoms with Crippen LogP contribution in [0.1, 0.15) is 153 Å². The normalized spacial score (nSPS) is 26.8. The van der Waals surface area contributed by atoms with Gasteiger partial charge in [0.1, 0.15) is 0 Å². The highest BCUT2D eigenvalue weighted by Gasteiger charge is 2.44. The third-order valence-electron chi connectivity index (χ3n) is 10.6. The zero-order valence-electron chi connectivity index (χ0n) is 27.9. The van der Waals surface area contributed by atoms with Crippen LogP contribution in [-0.4, -0.2) is 22.8 Å². The lowest BCUT2D eigenvalue weighted by molar-refractivity contribution is -0.156. The van der Waals surface area contributed by atoms with E-state index in [-0.39, 0.29) is 5.92 Å². The van der Waals surface area contributed by atoms with E-state index in [0.29, 0.717) is 11.8 Å². The van der Waals surface area contributed by atoms with Crippen LogP contribution < -0.4 is 0 Å². The van der Waals surface area contributed by atoms with Crippen molar-refractivity contribution in [1.29, 1.82) is 0 Å². The van der Waals surface area contributed by atoms with Crippen LogP contribution >= 0.6 is 0 Å². The first kappa shape index (κ1) is 32.0. The number of carboxylic acids is 1. The van der Waals surface area contributed by atoms with Gasteiger partial charge in [-0.25, -0.2) is 4.79 Å². The van der Waals surface area contributed by atoms with Gasteiger partial charge in [0.2, 0.25) is 0 Å². The molecule has 0 amide bonds. The Bertz CT molecular complexity index is 1310. The monoisotopic (exact) mass is 584 g/mol. The average molecular weight is 585 g/mol. The largest absolute Gasteiger partial charge is 0.479 e. The predicted octanol–water partition coefficient (Wildman–Crippen LogP) is 11.1. The molecular formula is C40H56O3. The Balaban J connectivity index is 1.83. The maximum atomic E-state index is 13.2. The number of rotatable bonds is 6. The number of aliphatic carboxylic acids is 1. The Hall–Kier alpha value is -2.39. The van der Waals surface area contributed by atoms with E-state index >= 15 is 0 Å². The fourth-order valence-corrected chi connectivity index (χ4v) is 8.39. The summed E-state index contributed by atoms with van der Waals surface area (Å²) < 4.78 is 6.53. The van der Waals surface area contributed by atoms with Gasteiger partial charge in [-0.1, -0.05) is 75.5 Å². The minimum absolute atomic E-state index is 0.127. The maximum Gasteiger partial charge on any atom is 0.337 e. The van der Waals surface area contributed by atoms with E-state index in [1.54, 1.807) is 5.57 Å². The van der Waals surface area contributed by atoms with E-state index in [9.17, 15) is 9.90 Å². The fraction of sp³-hybridized carbons (Fsp3) is 0.625. The quantitative estimate of drug-likeness (QED) is 0.362. The van der Waals surface area contributed by atoms with E-state index < -0.39 is 17.7 Å². The van der Waals surface area contributed by atoms with Crippen LogP contribution in [0.25, 0.3) is 11.1 Å². The standard InChI is InChI=1S/C40H56O3/c1-7-8-12-21-33-31-23-24-32(31)34-25-22-29(27(3)36(33)34)37-30-20-16-10-9-14-18-28(30)19-15-11-13-17-26(2)35(37)38(39(41)42)43-40(4,5)6/h8,12,21-22,25-26,31-32,38H,7,9-11,13-20,23-24H2,1-6H3,(H,41,42). The van der Waals surface area contributed by atoms with Gasteiger partial charge in [0.15, 0.2) is 6.10 Å². The molecule has 3 heteroatoms. The highest BCUT2D eigenvalue weighted by atomic mass is 16.5. The molecule has 234 valence electrons. The van der Waals surface area contributed by atoms with Gasteiger partial charge in [0, 0.05) is 0 Å². The van der Waals surface area contributed by atoms with Crippen LogP contribution in [0.2, 0.25) is 0 Å². The summed E-state index contributed by atoms with van der Waals surface area (Å²) in [6.07, 6.45) is 22.4. The van der Waals surface area contributed by atoms with Gasteiger partial charge < -0.3 is 9.84 Å². The minimum Gasteiger partial charge on any atom is -0.479 e. The summed E-state index contributed by atoms with van der Waals surface area (Å²) >= 11 is 0. The summed E-state index contributed by atoms with van der Waals surface area (Å²) in [6.45, 7) is 12.8. The molecule has 1 saturated carbocycles. The van der Waals surface area contributed by atoms with Gasteiger partial charge in [-0.15, -0.1) is 0 Å². The van der Waals surface area contributed by atoms with Crippen molar-refractivity contribution in [3.05, 3.63) is 69.3 Å². The number of carbonyl (C=O) groups is 1. The van der Waals surface area contributed by atoms with Crippen molar-refractivity contribution >= 4 is 17.1 Å². The van der Waals surface area contributed by atoms with Crippen molar-refractivity contribution in [2.45, 2.75) is 149 Å². The van der Waals surface area contributed by atoms with Crippen molar-refractivity contribution in [2.24, 2.45) is 11.8 Å². The molecule has 43 heavy (non-hydrogen) atoms. The van der Waals surface area contributed by atoms with Gasteiger partial charge in [0.25, 0.3) is 0 Å². The summed E-state index contributed by atoms with van der Waals surface area (Å²) in [5, 5.41) is 10.8. The number of hydrogen-bond acceptors (Lipinski definition) is 2. The average Bonchev–Trinajstić information content (AvgIpc) is 3.12. The molecule has 1 aromatic rings. The number of hydrogen-bond donors (Lipinski definition) is 1.